The summed E-state index contributed by atoms with van der Waals surface area (Å²) in [6.07, 6.45) is 2.46. The number of rotatable bonds is 2. The Kier molecular flexibility index (Phi) is 3.44. The zero-order valence-electron chi connectivity index (χ0n) is 12.6. The quantitative estimate of drug-likeness (QED) is 0.652. The lowest BCUT2D eigenvalue weighted by molar-refractivity contribution is 0.213. The van der Waals surface area contributed by atoms with Gasteiger partial charge in [-0.3, -0.25) is 0 Å². The number of nitrogens with two attached hydrogens (primary N) is 1. The molecule has 8 nitrogen and oxygen atoms in total. The molecule has 0 fully saturated rings. The molecule has 0 atom stereocenters. The molecule has 2 amide bonds. The van der Waals surface area contributed by atoms with Crippen LogP contribution in [-0.4, -0.2) is 42.6 Å². The maximum atomic E-state index is 12.6. The molecular formula is C14H15N5O3S. The second-order valence-corrected chi connectivity index (χ2v) is 7.25. The summed E-state index contributed by atoms with van der Waals surface area (Å²) in [6.45, 7) is 0.303. The standard InChI is InChI=1S/C14H15N5O3S/c1-18-8-9-7-16-13(23(2,21)22)17-12(9)19(14(18)20)11-5-3-4-10(15)6-11/h3-7H,8,15H2,1-2H3. The highest BCUT2D eigenvalue weighted by molar-refractivity contribution is 7.90. The minimum absolute atomic E-state index is 0.258. The van der Waals surface area contributed by atoms with Gasteiger partial charge in [0.15, 0.2) is 5.82 Å². The first kappa shape index (κ1) is 15.2. The number of aromatic nitrogens is 2. The van der Waals surface area contributed by atoms with Crippen LogP contribution in [0, 0.1) is 0 Å². The predicted octanol–water partition coefficient (Wildman–Crippen LogP) is 1.17. The maximum Gasteiger partial charge on any atom is 0.330 e. The first-order chi connectivity index (χ1) is 10.8. The molecule has 120 valence electrons. The molecular weight excluding hydrogens is 318 g/mol. The summed E-state index contributed by atoms with van der Waals surface area (Å²) in [6, 6.07) is 6.43. The molecule has 2 N–H and O–H groups in total. The third kappa shape index (κ3) is 2.70. The smallest absolute Gasteiger partial charge is 0.330 e. The van der Waals surface area contributed by atoms with Gasteiger partial charge in [0.2, 0.25) is 15.0 Å². The van der Waals surface area contributed by atoms with Crippen molar-refractivity contribution >= 4 is 33.1 Å². The largest absolute Gasteiger partial charge is 0.399 e. The summed E-state index contributed by atoms with van der Waals surface area (Å²) >= 11 is 0. The fourth-order valence-corrected chi connectivity index (χ4v) is 2.84. The van der Waals surface area contributed by atoms with Gasteiger partial charge in [-0.05, 0) is 18.2 Å². The van der Waals surface area contributed by atoms with E-state index in [0.717, 1.165) is 6.26 Å². The summed E-state index contributed by atoms with van der Waals surface area (Å²) in [5.41, 5.74) is 7.44. The normalized spacial score (nSPS) is 14.8. The zero-order chi connectivity index (χ0) is 16.8. The van der Waals surface area contributed by atoms with Crippen molar-refractivity contribution in [3.8, 4) is 0 Å². The molecule has 0 spiro atoms. The fraction of sp³-hybridized carbons (Fsp3) is 0.214. The van der Waals surface area contributed by atoms with Gasteiger partial charge in [0.05, 0.1) is 12.2 Å². The van der Waals surface area contributed by atoms with Crippen molar-refractivity contribution < 1.29 is 13.2 Å². The van der Waals surface area contributed by atoms with Crippen LogP contribution in [0.15, 0.2) is 35.6 Å². The molecule has 0 radical (unpaired) electrons. The summed E-state index contributed by atoms with van der Waals surface area (Å²) in [7, 11) is -1.93. The Hall–Kier alpha value is -2.68. The lowest BCUT2D eigenvalue weighted by atomic mass is 10.2. The number of anilines is 3. The van der Waals surface area contributed by atoms with Crippen molar-refractivity contribution in [2.45, 2.75) is 11.7 Å². The van der Waals surface area contributed by atoms with Crippen LogP contribution in [0.1, 0.15) is 5.56 Å². The third-order valence-electron chi connectivity index (χ3n) is 3.42. The molecule has 0 aliphatic carbocycles. The zero-order valence-corrected chi connectivity index (χ0v) is 13.4. The van der Waals surface area contributed by atoms with E-state index in [1.807, 2.05) is 0 Å². The first-order valence-electron chi connectivity index (χ1n) is 6.74. The highest BCUT2D eigenvalue weighted by Gasteiger charge is 2.32. The molecule has 0 unspecified atom stereocenters. The number of hydrogen-bond donors (Lipinski definition) is 1. The van der Waals surface area contributed by atoms with Crippen LogP contribution in [0.2, 0.25) is 0 Å². The minimum Gasteiger partial charge on any atom is -0.399 e. The summed E-state index contributed by atoms with van der Waals surface area (Å²) < 4.78 is 23.4. The number of carbonyl (C=O) groups excluding carboxylic acids is 1. The Bertz CT molecular complexity index is 897. The molecule has 1 aromatic carbocycles. The van der Waals surface area contributed by atoms with Crippen molar-refractivity contribution in [2.24, 2.45) is 0 Å². The minimum atomic E-state index is -3.58. The Morgan fingerprint density at radius 3 is 2.70 bits per heavy atom. The van der Waals surface area contributed by atoms with E-state index in [1.54, 1.807) is 31.3 Å². The van der Waals surface area contributed by atoms with Crippen LogP contribution in [-0.2, 0) is 16.4 Å². The van der Waals surface area contributed by atoms with E-state index in [-0.39, 0.29) is 17.0 Å². The van der Waals surface area contributed by atoms with Crippen molar-refractivity contribution in [1.82, 2.24) is 14.9 Å². The number of sulfone groups is 1. The van der Waals surface area contributed by atoms with Gasteiger partial charge in [0.1, 0.15) is 0 Å². The van der Waals surface area contributed by atoms with E-state index in [9.17, 15) is 13.2 Å². The SMILES string of the molecule is CN1Cc2cnc(S(C)(=O)=O)nc2N(c2cccc(N)c2)C1=O. The first-order valence-corrected chi connectivity index (χ1v) is 8.63. The number of hydrogen-bond acceptors (Lipinski definition) is 6. The molecule has 9 heteroatoms. The molecule has 3 rings (SSSR count). The van der Waals surface area contributed by atoms with E-state index in [1.165, 1.54) is 16.0 Å². The van der Waals surface area contributed by atoms with Crippen LogP contribution < -0.4 is 10.6 Å². The van der Waals surface area contributed by atoms with Gasteiger partial charge in [-0.1, -0.05) is 6.07 Å². The molecule has 23 heavy (non-hydrogen) atoms. The van der Waals surface area contributed by atoms with Gasteiger partial charge >= 0.3 is 6.03 Å². The van der Waals surface area contributed by atoms with Crippen molar-refractivity contribution in [3.05, 3.63) is 36.0 Å². The fourth-order valence-electron chi connectivity index (χ4n) is 2.35. The van der Waals surface area contributed by atoms with Gasteiger partial charge < -0.3 is 10.6 Å². The summed E-state index contributed by atoms with van der Waals surface area (Å²) in [4.78, 5) is 23.4. The lowest BCUT2D eigenvalue weighted by Crippen LogP contribution is -2.43. The number of nitrogens with zero attached hydrogens (tertiary/aromatic N) is 4. The van der Waals surface area contributed by atoms with Crippen molar-refractivity contribution in [2.75, 3.05) is 23.9 Å². The van der Waals surface area contributed by atoms with Crippen LogP contribution >= 0.6 is 0 Å². The van der Waals surface area contributed by atoms with Crippen LogP contribution in [0.4, 0.5) is 22.0 Å². The van der Waals surface area contributed by atoms with Gasteiger partial charge in [-0.25, -0.2) is 23.1 Å². The second-order valence-electron chi connectivity index (χ2n) is 5.34. The Morgan fingerprint density at radius 1 is 1.30 bits per heavy atom. The van der Waals surface area contributed by atoms with E-state index < -0.39 is 9.84 Å². The summed E-state index contributed by atoms with van der Waals surface area (Å²) in [5, 5.41) is -0.317. The van der Waals surface area contributed by atoms with Crippen LogP contribution in [0.25, 0.3) is 0 Å². The molecule has 0 saturated carbocycles. The third-order valence-corrected chi connectivity index (χ3v) is 4.28. The average molecular weight is 333 g/mol. The van der Waals surface area contributed by atoms with Gasteiger partial charge in [0.25, 0.3) is 0 Å². The van der Waals surface area contributed by atoms with E-state index in [0.29, 0.717) is 23.5 Å². The van der Waals surface area contributed by atoms with Crippen LogP contribution in [0.5, 0.6) is 0 Å². The molecule has 0 saturated heterocycles. The number of fused-ring (bicyclic) bond motifs is 1. The van der Waals surface area contributed by atoms with Crippen LogP contribution in [0.3, 0.4) is 0 Å². The van der Waals surface area contributed by atoms with Crippen molar-refractivity contribution in [1.29, 1.82) is 0 Å². The number of benzene rings is 1. The number of urea groups is 1. The molecule has 2 heterocycles. The Labute approximate surface area is 133 Å². The Morgan fingerprint density at radius 2 is 2.04 bits per heavy atom. The molecule has 0 bridgehead atoms. The molecule has 1 aliphatic rings. The van der Waals surface area contributed by atoms with Gasteiger partial charge in [-0.2, -0.15) is 4.98 Å². The highest BCUT2D eigenvalue weighted by atomic mass is 32.2. The second kappa shape index (κ2) is 5.20. The molecule has 1 aliphatic heterocycles. The highest BCUT2D eigenvalue weighted by Crippen LogP contribution is 2.33. The maximum absolute atomic E-state index is 12.6. The molecule has 2 aromatic rings. The number of carbonyl (C=O) groups is 1. The Balaban J connectivity index is 2.22. The monoisotopic (exact) mass is 333 g/mol. The van der Waals surface area contributed by atoms with E-state index >= 15 is 0 Å². The van der Waals surface area contributed by atoms with E-state index in [4.69, 9.17) is 5.73 Å². The van der Waals surface area contributed by atoms with Gasteiger partial charge in [0, 0.05) is 30.8 Å². The number of nitrogen functional groups attached to an aromatic ring is 1. The van der Waals surface area contributed by atoms with Gasteiger partial charge in [-0.15, -0.1) is 0 Å². The average Bonchev–Trinajstić information content (AvgIpc) is 2.47. The van der Waals surface area contributed by atoms with E-state index in [2.05, 4.69) is 9.97 Å². The topological polar surface area (TPSA) is 109 Å². The number of amides is 2. The summed E-state index contributed by atoms with van der Waals surface area (Å²) in [5.74, 6) is 0.258. The predicted molar refractivity (Wildman–Crippen MR) is 85.0 cm³/mol. The lowest BCUT2D eigenvalue weighted by Gasteiger charge is -2.34. The van der Waals surface area contributed by atoms with Crippen molar-refractivity contribution in [3.63, 3.8) is 0 Å². The molecule has 1 aromatic heterocycles.